The summed E-state index contributed by atoms with van der Waals surface area (Å²) in [5.74, 6) is -1.35. The standard InChI is InChI=1S/C23H23F2IN5O3S/c1-22(2)14-11-26-12-23(22,18-6-7-27-21(29-18)35(33,34)28-8-9-32)20-13(14)10-17(30-31-20)19-15(24)4-3-5-16(19)25/h3-7,10,14,28,32H,8-9,11-12H2,1-2H3/q-1/t14-,23-/m0/s1. The third-order valence-corrected chi connectivity index (χ3v) is 11.5. The molecule has 2 aliphatic rings. The van der Waals surface area contributed by atoms with Gasteiger partial charge in [0, 0.05) is 0 Å². The molecule has 0 saturated carbocycles. The quantitative estimate of drug-likeness (QED) is 0.208. The first-order valence-electron chi connectivity index (χ1n) is 10.9. The van der Waals surface area contributed by atoms with Gasteiger partial charge in [-0.2, -0.15) is 0 Å². The minimum absolute atomic E-state index is 0.0608. The summed E-state index contributed by atoms with van der Waals surface area (Å²) in [5, 5.41) is 17.4. The van der Waals surface area contributed by atoms with E-state index in [0.717, 1.165) is 14.4 Å². The predicted molar refractivity (Wildman–Crippen MR) is 119 cm³/mol. The van der Waals surface area contributed by atoms with Gasteiger partial charge in [0.25, 0.3) is 0 Å². The van der Waals surface area contributed by atoms with E-state index < -0.39 is 32.5 Å². The zero-order chi connectivity index (χ0) is 25.0. The fourth-order valence-electron chi connectivity index (χ4n) is 5.15. The summed E-state index contributed by atoms with van der Waals surface area (Å²) < 4.78 is 58.3. The van der Waals surface area contributed by atoms with Crippen LogP contribution in [0.4, 0.5) is 8.78 Å². The van der Waals surface area contributed by atoms with E-state index in [2.05, 4.69) is 38.7 Å². The van der Waals surface area contributed by atoms with E-state index in [1.807, 2.05) is 0 Å². The Balaban J connectivity index is 1.68. The van der Waals surface area contributed by atoms with Gasteiger partial charge >= 0.3 is 213 Å². The Labute approximate surface area is 211 Å². The van der Waals surface area contributed by atoms with Crippen LogP contribution in [0.25, 0.3) is 11.3 Å². The molecular formula is C23H23F2IN5O3S-. The topological polar surface area (TPSA) is 118 Å². The van der Waals surface area contributed by atoms with Crippen molar-refractivity contribution in [2.45, 2.75) is 30.3 Å². The number of nitrogens with one attached hydrogen (secondary N) is 1. The number of hydrogen-bond donors (Lipinski definition) is 2. The first-order chi connectivity index (χ1) is 16.6. The summed E-state index contributed by atoms with van der Waals surface area (Å²) in [6.45, 7) is 3.71. The molecule has 2 atom stereocenters. The average Bonchev–Trinajstić information content (AvgIpc) is 2.93. The van der Waals surface area contributed by atoms with Crippen molar-refractivity contribution in [1.29, 1.82) is 0 Å². The molecule has 186 valence electrons. The van der Waals surface area contributed by atoms with E-state index >= 15 is 0 Å². The Kier molecular flexibility index (Phi) is 6.13. The van der Waals surface area contributed by atoms with Crippen molar-refractivity contribution in [3.8, 4) is 11.3 Å². The minimum atomic E-state index is -4.01. The number of nitrogens with zero attached hydrogens (tertiary/aromatic N) is 4. The summed E-state index contributed by atoms with van der Waals surface area (Å²) in [6.07, 6.45) is 1.41. The first-order valence-corrected chi connectivity index (χ1v) is 15.5. The van der Waals surface area contributed by atoms with Crippen LogP contribution in [0.2, 0.25) is 0 Å². The molecule has 1 saturated heterocycles. The van der Waals surface area contributed by atoms with Gasteiger partial charge in [0.2, 0.25) is 0 Å². The number of sulfonamides is 1. The Morgan fingerprint density at radius 1 is 1.20 bits per heavy atom. The Bertz CT molecular complexity index is 1400. The van der Waals surface area contributed by atoms with Crippen LogP contribution in [0, 0.1) is 17.0 Å². The van der Waals surface area contributed by atoms with Crippen LogP contribution in [0.5, 0.6) is 0 Å². The van der Waals surface area contributed by atoms with Crippen LogP contribution in [-0.4, -0.2) is 55.7 Å². The number of alkyl halides is 2. The normalized spacial score (nSPS) is 22.9. The first kappa shape index (κ1) is 24.5. The van der Waals surface area contributed by atoms with E-state index in [-0.39, 0.29) is 56.7 Å². The molecule has 35 heavy (non-hydrogen) atoms. The van der Waals surface area contributed by atoms with Crippen molar-refractivity contribution >= 4 is 10.0 Å². The molecular weight excluding hydrogens is 591 g/mol. The zero-order valence-corrected chi connectivity index (χ0v) is 21.9. The van der Waals surface area contributed by atoms with Crippen molar-refractivity contribution in [2.24, 2.45) is 5.41 Å². The maximum atomic E-state index is 14.5. The molecule has 2 bridgehead atoms. The van der Waals surface area contributed by atoms with Crippen molar-refractivity contribution in [3.05, 3.63) is 65.1 Å². The molecule has 3 aromatic rings. The molecule has 0 amide bonds. The van der Waals surface area contributed by atoms with Gasteiger partial charge in [0.05, 0.1) is 0 Å². The molecule has 1 aliphatic heterocycles. The summed E-state index contributed by atoms with van der Waals surface area (Å²) >= 11 is -0.287. The van der Waals surface area contributed by atoms with Crippen molar-refractivity contribution in [2.75, 3.05) is 22.0 Å². The predicted octanol–water partition coefficient (Wildman–Crippen LogP) is -1.01. The summed E-state index contributed by atoms with van der Waals surface area (Å²) in [5.41, 5.74) is 0.900. The molecule has 0 spiro atoms. The van der Waals surface area contributed by atoms with Crippen LogP contribution in [0.1, 0.15) is 36.7 Å². The van der Waals surface area contributed by atoms with Gasteiger partial charge in [-0.15, -0.1) is 0 Å². The van der Waals surface area contributed by atoms with Gasteiger partial charge in [-0.3, -0.25) is 0 Å². The molecule has 1 aromatic carbocycles. The number of rotatable bonds is 6. The van der Waals surface area contributed by atoms with Crippen molar-refractivity contribution in [1.82, 2.24) is 24.9 Å². The SMILES string of the molecule is CC1(C)[C@H]2C[I-]C[C@]1(c1ccnc(S(=O)(=O)NCCO)n1)c1nnc(-c3c(F)cccc3F)cc12. The number of aromatic nitrogens is 4. The van der Waals surface area contributed by atoms with Gasteiger partial charge in [-0.1, -0.05) is 0 Å². The summed E-state index contributed by atoms with van der Waals surface area (Å²) in [6, 6.07) is 7.13. The van der Waals surface area contributed by atoms with Crippen LogP contribution in [0.3, 0.4) is 0 Å². The number of benzene rings is 1. The van der Waals surface area contributed by atoms with Crippen molar-refractivity contribution in [3.63, 3.8) is 0 Å². The number of hydrogen-bond acceptors (Lipinski definition) is 7. The summed E-state index contributed by atoms with van der Waals surface area (Å²) in [7, 11) is -4.01. The summed E-state index contributed by atoms with van der Waals surface area (Å²) in [4.78, 5) is 8.44. The monoisotopic (exact) mass is 614 g/mol. The van der Waals surface area contributed by atoms with E-state index in [9.17, 15) is 17.2 Å². The van der Waals surface area contributed by atoms with Crippen LogP contribution >= 0.6 is 0 Å². The third kappa shape index (κ3) is 3.67. The second kappa shape index (κ2) is 8.75. The van der Waals surface area contributed by atoms with Crippen LogP contribution < -0.4 is 25.9 Å². The molecule has 1 fully saturated rings. The molecule has 0 unspecified atom stereocenters. The Hall–Kier alpha value is -2.16. The number of fused-ring (bicyclic) bond motifs is 5. The maximum absolute atomic E-state index is 14.5. The second-order valence-electron chi connectivity index (χ2n) is 9.13. The average molecular weight is 614 g/mol. The molecule has 12 heteroatoms. The molecule has 0 radical (unpaired) electrons. The number of aliphatic hydroxyl groups is 1. The molecule has 8 nitrogen and oxygen atoms in total. The van der Waals surface area contributed by atoms with Gasteiger partial charge in [0.1, 0.15) is 0 Å². The molecule has 2 N–H and O–H groups in total. The third-order valence-electron chi connectivity index (χ3n) is 7.07. The van der Waals surface area contributed by atoms with Gasteiger partial charge < -0.3 is 0 Å². The zero-order valence-electron chi connectivity index (χ0n) is 19.0. The number of halogens is 3. The van der Waals surface area contributed by atoms with Gasteiger partial charge in [0.15, 0.2) is 0 Å². The van der Waals surface area contributed by atoms with E-state index in [0.29, 0.717) is 11.4 Å². The van der Waals surface area contributed by atoms with E-state index in [1.54, 1.807) is 12.1 Å². The molecule has 3 heterocycles. The van der Waals surface area contributed by atoms with E-state index in [1.165, 1.54) is 24.4 Å². The molecule has 2 aromatic heterocycles. The Morgan fingerprint density at radius 2 is 1.94 bits per heavy atom. The van der Waals surface area contributed by atoms with Gasteiger partial charge in [-0.05, 0) is 0 Å². The number of aliphatic hydroxyl groups excluding tert-OH is 1. The van der Waals surface area contributed by atoms with Crippen LogP contribution in [0.15, 0.2) is 41.7 Å². The fourth-order valence-corrected chi connectivity index (χ4v) is 11.1. The fraction of sp³-hybridized carbons (Fsp3) is 0.391. The van der Waals surface area contributed by atoms with Gasteiger partial charge in [-0.25, -0.2) is 0 Å². The Morgan fingerprint density at radius 3 is 2.66 bits per heavy atom. The van der Waals surface area contributed by atoms with Crippen molar-refractivity contribution < 1.29 is 43.5 Å². The van der Waals surface area contributed by atoms with E-state index in [4.69, 9.17) is 5.11 Å². The van der Waals surface area contributed by atoms with Crippen LogP contribution in [-0.2, 0) is 15.4 Å². The second-order valence-corrected chi connectivity index (χ2v) is 13.5. The molecule has 1 aliphatic carbocycles. The molecule has 5 rings (SSSR count).